The number of terminal acetylenes is 1. The highest BCUT2D eigenvalue weighted by molar-refractivity contribution is 8.00. The average Bonchev–Trinajstić information content (AvgIpc) is 3.04. The number of amides is 2. The van der Waals surface area contributed by atoms with Crippen molar-refractivity contribution in [3.05, 3.63) is 23.0 Å². The number of carbonyl (C=O) groups excluding carboxylic acids is 2. The van der Waals surface area contributed by atoms with Crippen molar-refractivity contribution in [3.8, 4) is 18.1 Å². The maximum absolute atomic E-state index is 12.4. The van der Waals surface area contributed by atoms with Crippen molar-refractivity contribution in [1.29, 1.82) is 0 Å². The molecule has 1 aromatic heterocycles. The highest BCUT2D eigenvalue weighted by atomic mass is 32.2. The highest BCUT2D eigenvalue weighted by Crippen LogP contribution is 2.23. The van der Waals surface area contributed by atoms with Crippen molar-refractivity contribution in [3.63, 3.8) is 0 Å². The summed E-state index contributed by atoms with van der Waals surface area (Å²) in [4.78, 5) is 31.5. The molecule has 3 rings (SSSR count). The van der Waals surface area contributed by atoms with E-state index in [0.29, 0.717) is 17.1 Å². The Labute approximate surface area is 179 Å². The third-order valence-electron chi connectivity index (χ3n) is 4.93. The lowest BCUT2D eigenvalue weighted by Crippen LogP contribution is -2.43. The summed E-state index contributed by atoms with van der Waals surface area (Å²) in [5, 5.41) is 0. The Bertz CT molecular complexity index is 1000. The van der Waals surface area contributed by atoms with Gasteiger partial charge in [-0.3, -0.25) is 9.59 Å². The van der Waals surface area contributed by atoms with Crippen LogP contribution in [-0.4, -0.2) is 52.5 Å². The molecule has 1 aromatic carbocycles. The molecule has 0 radical (unpaired) electrons. The van der Waals surface area contributed by atoms with Crippen LogP contribution in [0.4, 0.5) is 0 Å². The van der Waals surface area contributed by atoms with Gasteiger partial charge < -0.3 is 14.2 Å². The molecule has 0 bridgehead atoms. The van der Waals surface area contributed by atoms with Gasteiger partial charge in [0.15, 0.2) is 4.80 Å². The Kier molecular flexibility index (Phi) is 7.40. The molecule has 0 N–H and O–H groups in total. The Balaban J connectivity index is 1.68. The Morgan fingerprint density at radius 2 is 2.21 bits per heavy atom. The molecule has 1 aliphatic heterocycles. The smallest absolute Gasteiger partial charge is 0.258 e. The van der Waals surface area contributed by atoms with E-state index >= 15 is 0 Å². The van der Waals surface area contributed by atoms with Gasteiger partial charge >= 0.3 is 0 Å². The van der Waals surface area contributed by atoms with Crippen molar-refractivity contribution >= 4 is 45.1 Å². The van der Waals surface area contributed by atoms with Crippen molar-refractivity contribution in [2.75, 3.05) is 25.2 Å². The molecule has 1 aliphatic rings. The van der Waals surface area contributed by atoms with Crippen molar-refractivity contribution in [1.82, 2.24) is 9.47 Å². The van der Waals surface area contributed by atoms with Gasteiger partial charge in [0, 0.05) is 12.6 Å². The fourth-order valence-corrected chi connectivity index (χ4v) is 5.18. The number of methoxy groups -OCH3 is 1. The fourth-order valence-electron chi connectivity index (χ4n) is 3.43. The van der Waals surface area contributed by atoms with Crippen LogP contribution in [0.1, 0.15) is 26.2 Å². The number of rotatable bonds is 6. The van der Waals surface area contributed by atoms with Gasteiger partial charge in [0.1, 0.15) is 5.75 Å². The second-order valence-electron chi connectivity index (χ2n) is 6.94. The van der Waals surface area contributed by atoms with Gasteiger partial charge in [-0.15, -0.1) is 18.2 Å². The summed E-state index contributed by atoms with van der Waals surface area (Å²) in [7, 11) is 1.61. The summed E-state index contributed by atoms with van der Waals surface area (Å²) in [6, 6.07) is 5.97. The first-order valence-corrected chi connectivity index (χ1v) is 11.6. The van der Waals surface area contributed by atoms with E-state index in [1.165, 1.54) is 29.5 Å². The van der Waals surface area contributed by atoms with Crippen LogP contribution in [0.15, 0.2) is 23.2 Å². The van der Waals surface area contributed by atoms with Crippen molar-refractivity contribution in [2.45, 2.75) is 38.8 Å². The normalized spacial score (nSPS) is 17.3. The van der Waals surface area contributed by atoms with Crippen molar-refractivity contribution < 1.29 is 14.3 Å². The van der Waals surface area contributed by atoms with E-state index in [0.717, 1.165) is 35.4 Å². The SMILES string of the molecule is C#CCn1c(=NC(=O)CSCC(=O)N2CCCCC2C)sc2cc(OC)ccc21. The van der Waals surface area contributed by atoms with E-state index in [1.807, 2.05) is 27.7 Å². The predicted molar refractivity (Wildman–Crippen MR) is 118 cm³/mol. The van der Waals surface area contributed by atoms with Crippen LogP contribution >= 0.6 is 23.1 Å². The van der Waals surface area contributed by atoms with Gasteiger partial charge in [-0.1, -0.05) is 17.3 Å². The van der Waals surface area contributed by atoms with Gasteiger partial charge in [0.2, 0.25) is 5.91 Å². The predicted octanol–water partition coefficient (Wildman–Crippen LogP) is 2.91. The molecule has 1 unspecified atom stereocenters. The number of thioether (sulfide) groups is 1. The van der Waals surface area contributed by atoms with E-state index in [4.69, 9.17) is 11.2 Å². The highest BCUT2D eigenvalue weighted by Gasteiger charge is 2.22. The first-order chi connectivity index (χ1) is 14.0. The molecule has 1 saturated heterocycles. The minimum atomic E-state index is -0.265. The molecule has 1 atom stereocenters. The monoisotopic (exact) mass is 431 g/mol. The zero-order valence-electron chi connectivity index (χ0n) is 16.7. The lowest BCUT2D eigenvalue weighted by atomic mass is 10.0. The average molecular weight is 432 g/mol. The zero-order valence-corrected chi connectivity index (χ0v) is 18.4. The van der Waals surface area contributed by atoms with E-state index < -0.39 is 0 Å². The van der Waals surface area contributed by atoms with Crippen LogP contribution in [0.2, 0.25) is 0 Å². The van der Waals surface area contributed by atoms with Crippen LogP contribution in [0, 0.1) is 12.3 Å². The number of nitrogens with zero attached hydrogens (tertiary/aromatic N) is 3. The number of hydrogen-bond acceptors (Lipinski definition) is 5. The zero-order chi connectivity index (χ0) is 20.8. The van der Waals surface area contributed by atoms with Gasteiger partial charge in [-0.25, -0.2) is 0 Å². The molecule has 29 heavy (non-hydrogen) atoms. The van der Waals surface area contributed by atoms with Crippen LogP contribution in [-0.2, 0) is 16.1 Å². The van der Waals surface area contributed by atoms with E-state index in [2.05, 4.69) is 17.8 Å². The van der Waals surface area contributed by atoms with Gasteiger partial charge in [0.05, 0.1) is 35.4 Å². The molecule has 154 valence electrons. The minimum Gasteiger partial charge on any atom is -0.497 e. The minimum absolute atomic E-state index is 0.103. The number of thiazole rings is 1. The fraction of sp³-hybridized carbons (Fsp3) is 0.476. The summed E-state index contributed by atoms with van der Waals surface area (Å²) in [6.07, 6.45) is 8.78. The second-order valence-corrected chi connectivity index (χ2v) is 8.93. The largest absolute Gasteiger partial charge is 0.497 e. The van der Waals surface area contributed by atoms with Crippen LogP contribution in [0.3, 0.4) is 0 Å². The molecule has 0 aliphatic carbocycles. The maximum Gasteiger partial charge on any atom is 0.258 e. The number of piperidine rings is 1. The van der Waals surface area contributed by atoms with E-state index in [9.17, 15) is 9.59 Å². The van der Waals surface area contributed by atoms with Crippen molar-refractivity contribution in [2.24, 2.45) is 4.99 Å². The molecule has 6 nitrogen and oxygen atoms in total. The summed E-state index contributed by atoms with van der Waals surface area (Å²) >= 11 is 2.72. The molecule has 0 spiro atoms. The Morgan fingerprint density at radius 3 is 2.93 bits per heavy atom. The molecular formula is C21H25N3O3S2. The molecule has 2 heterocycles. The van der Waals surface area contributed by atoms with Gasteiger partial charge in [0.25, 0.3) is 5.91 Å². The third-order valence-corrected chi connectivity index (χ3v) is 6.88. The molecular weight excluding hydrogens is 406 g/mol. The number of carbonyl (C=O) groups is 2. The third kappa shape index (κ3) is 5.22. The number of hydrogen-bond donors (Lipinski definition) is 0. The summed E-state index contributed by atoms with van der Waals surface area (Å²) in [5.41, 5.74) is 0.919. The number of likely N-dealkylation sites (tertiary alicyclic amines) is 1. The quantitative estimate of drug-likeness (QED) is 0.660. The lowest BCUT2D eigenvalue weighted by molar-refractivity contribution is -0.131. The Hall–Kier alpha value is -2.24. The van der Waals surface area contributed by atoms with Crippen LogP contribution in [0.5, 0.6) is 5.75 Å². The molecule has 1 fully saturated rings. The molecule has 8 heteroatoms. The number of benzene rings is 1. The Morgan fingerprint density at radius 1 is 1.38 bits per heavy atom. The standard InChI is InChI=1S/C21H25N3O3S2/c1-4-10-24-17-9-8-16(27-3)12-18(17)29-21(24)22-19(25)13-28-14-20(26)23-11-6-5-7-15(23)2/h1,8-9,12,15H,5-7,10-11,13-14H2,2-3H3. The molecule has 2 aromatic rings. The van der Waals surface area contributed by atoms with Crippen LogP contribution < -0.4 is 9.54 Å². The first-order valence-electron chi connectivity index (χ1n) is 9.59. The number of ether oxygens (including phenoxy) is 1. The summed E-state index contributed by atoms with van der Waals surface area (Å²) in [6.45, 7) is 3.23. The first kappa shape index (κ1) is 21.5. The molecule has 2 amide bonds. The van der Waals surface area contributed by atoms with E-state index in [-0.39, 0.29) is 23.6 Å². The molecule has 0 saturated carbocycles. The van der Waals surface area contributed by atoms with Gasteiger partial charge in [-0.2, -0.15) is 4.99 Å². The second kappa shape index (κ2) is 9.99. The van der Waals surface area contributed by atoms with E-state index in [1.54, 1.807) is 7.11 Å². The lowest BCUT2D eigenvalue weighted by Gasteiger charge is -2.33. The summed E-state index contributed by atoms with van der Waals surface area (Å²) in [5.74, 6) is 3.67. The van der Waals surface area contributed by atoms with Gasteiger partial charge in [-0.05, 0) is 44.4 Å². The number of fused-ring (bicyclic) bond motifs is 1. The number of aromatic nitrogens is 1. The topological polar surface area (TPSA) is 63.9 Å². The maximum atomic E-state index is 12.4. The van der Waals surface area contributed by atoms with Crippen LogP contribution in [0.25, 0.3) is 10.2 Å². The summed E-state index contributed by atoms with van der Waals surface area (Å²) < 4.78 is 8.07.